The Morgan fingerprint density at radius 2 is 1.76 bits per heavy atom. The molecular formula is C21H14F6N2O4. The first-order valence-electron chi connectivity index (χ1n) is 9.13. The fourth-order valence-corrected chi connectivity index (χ4v) is 2.78. The predicted octanol–water partition coefficient (Wildman–Crippen LogP) is 4.97. The molecule has 12 heteroatoms. The molecule has 0 atom stereocenters. The SMILES string of the molecule is Cc1cc(OC(F)(F)F)ccc1Oc1cc(C(F)(F)F)ccc1C(=O)NC1=CC(=O)CN=C1. The lowest BCUT2D eigenvalue weighted by molar-refractivity contribution is -0.274. The van der Waals surface area contributed by atoms with Crippen LogP contribution in [0.25, 0.3) is 0 Å². The van der Waals surface area contributed by atoms with Gasteiger partial charge in [0.1, 0.15) is 23.8 Å². The summed E-state index contributed by atoms with van der Waals surface area (Å²) < 4.78 is 86.1. The number of allylic oxidation sites excluding steroid dienone is 1. The van der Waals surface area contributed by atoms with Crippen molar-refractivity contribution in [2.45, 2.75) is 19.5 Å². The minimum absolute atomic E-state index is 0.0342. The summed E-state index contributed by atoms with van der Waals surface area (Å²) in [6.45, 7) is 1.25. The van der Waals surface area contributed by atoms with Gasteiger partial charge in [-0.3, -0.25) is 14.6 Å². The van der Waals surface area contributed by atoms with Crippen LogP contribution < -0.4 is 14.8 Å². The number of hydrogen-bond acceptors (Lipinski definition) is 5. The zero-order chi connectivity index (χ0) is 24.4. The van der Waals surface area contributed by atoms with Crippen molar-refractivity contribution in [2.24, 2.45) is 4.99 Å². The number of nitrogens with zero attached hydrogens (tertiary/aromatic N) is 1. The molecule has 1 aliphatic heterocycles. The number of aliphatic imine (C=N–C) groups is 1. The van der Waals surface area contributed by atoms with Gasteiger partial charge in [0.15, 0.2) is 5.78 Å². The van der Waals surface area contributed by atoms with Gasteiger partial charge in [-0.15, -0.1) is 13.2 Å². The van der Waals surface area contributed by atoms with Gasteiger partial charge in [-0.25, -0.2) is 0 Å². The number of alkyl halides is 6. The molecular weight excluding hydrogens is 458 g/mol. The largest absolute Gasteiger partial charge is 0.573 e. The lowest BCUT2D eigenvalue weighted by Crippen LogP contribution is -2.26. The summed E-state index contributed by atoms with van der Waals surface area (Å²) in [6.07, 6.45) is -7.36. The van der Waals surface area contributed by atoms with E-state index in [1.165, 1.54) is 13.1 Å². The Labute approximate surface area is 182 Å². The first-order chi connectivity index (χ1) is 15.3. The van der Waals surface area contributed by atoms with Crippen molar-refractivity contribution >= 4 is 17.9 Å². The van der Waals surface area contributed by atoms with Crippen molar-refractivity contribution < 1.29 is 45.4 Å². The van der Waals surface area contributed by atoms with E-state index in [4.69, 9.17) is 4.74 Å². The van der Waals surface area contributed by atoms with E-state index in [9.17, 15) is 35.9 Å². The van der Waals surface area contributed by atoms with Crippen molar-refractivity contribution in [1.82, 2.24) is 5.32 Å². The van der Waals surface area contributed by atoms with E-state index in [1.807, 2.05) is 0 Å². The van der Waals surface area contributed by atoms with Crippen molar-refractivity contribution in [1.29, 1.82) is 0 Å². The van der Waals surface area contributed by atoms with Gasteiger partial charge < -0.3 is 14.8 Å². The number of halogens is 6. The summed E-state index contributed by atoms with van der Waals surface area (Å²) in [5.74, 6) is -2.43. The van der Waals surface area contributed by atoms with Crippen molar-refractivity contribution in [2.75, 3.05) is 6.54 Å². The van der Waals surface area contributed by atoms with Crippen LogP contribution in [0.2, 0.25) is 0 Å². The lowest BCUT2D eigenvalue weighted by Gasteiger charge is -2.17. The van der Waals surface area contributed by atoms with Gasteiger partial charge in [-0.05, 0) is 48.9 Å². The second-order valence-corrected chi connectivity index (χ2v) is 6.78. The molecule has 0 unspecified atom stereocenters. The highest BCUT2D eigenvalue weighted by Gasteiger charge is 2.33. The van der Waals surface area contributed by atoms with Gasteiger partial charge in [-0.2, -0.15) is 13.2 Å². The highest BCUT2D eigenvalue weighted by atomic mass is 19.4. The molecule has 2 aromatic carbocycles. The molecule has 6 nitrogen and oxygen atoms in total. The Balaban J connectivity index is 1.94. The standard InChI is InChI=1S/C21H14F6N2O4/c1-11-6-15(33-21(25,26)27)3-5-17(11)32-18-7-12(20(22,23)24)2-4-16(18)19(31)29-13-8-14(30)10-28-9-13/h2-9H,10H2,1H3,(H,29,31). The zero-order valence-electron chi connectivity index (χ0n) is 16.7. The predicted molar refractivity (Wildman–Crippen MR) is 103 cm³/mol. The maximum atomic E-state index is 13.2. The van der Waals surface area contributed by atoms with Gasteiger partial charge in [0.2, 0.25) is 0 Å². The summed E-state index contributed by atoms with van der Waals surface area (Å²) in [7, 11) is 0. The van der Waals surface area contributed by atoms with Crippen molar-refractivity contribution in [3.8, 4) is 17.2 Å². The Kier molecular flexibility index (Phi) is 6.47. The number of rotatable bonds is 5. The number of dihydropyridines is 1. The van der Waals surface area contributed by atoms with Crippen molar-refractivity contribution in [3.63, 3.8) is 0 Å². The van der Waals surface area contributed by atoms with E-state index in [0.29, 0.717) is 12.1 Å². The van der Waals surface area contributed by atoms with Gasteiger partial charge in [-0.1, -0.05) is 0 Å². The number of amides is 1. The maximum absolute atomic E-state index is 13.2. The monoisotopic (exact) mass is 472 g/mol. The fourth-order valence-electron chi connectivity index (χ4n) is 2.78. The summed E-state index contributed by atoms with van der Waals surface area (Å²) in [6, 6.07) is 5.09. The lowest BCUT2D eigenvalue weighted by atomic mass is 10.1. The average molecular weight is 472 g/mol. The molecule has 174 valence electrons. The fraction of sp³-hybridized carbons (Fsp3) is 0.190. The minimum atomic E-state index is -4.93. The zero-order valence-corrected chi connectivity index (χ0v) is 16.7. The van der Waals surface area contributed by atoms with Crippen LogP contribution in [-0.4, -0.2) is 30.8 Å². The van der Waals surface area contributed by atoms with Crippen LogP contribution in [0, 0.1) is 6.92 Å². The Morgan fingerprint density at radius 3 is 2.36 bits per heavy atom. The highest BCUT2D eigenvalue weighted by Crippen LogP contribution is 2.37. The molecule has 0 aliphatic carbocycles. The number of ketones is 1. The van der Waals surface area contributed by atoms with Crippen LogP contribution in [0.3, 0.4) is 0 Å². The Morgan fingerprint density at radius 1 is 1.03 bits per heavy atom. The molecule has 0 spiro atoms. The molecule has 0 aromatic heterocycles. The second-order valence-electron chi connectivity index (χ2n) is 6.78. The first kappa shape index (κ1) is 23.8. The summed E-state index contributed by atoms with van der Waals surface area (Å²) >= 11 is 0. The number of ether oxygens (including phenoxy) is 2. The molecule has 0 fully saturated rings. The smallest absolute Gasteiger partial charge is 0.456 e. The van der Waals surface area contributed by atoms with E-state index >= 15 is 0 Å². The van der Waals surface area contributed by atoms with Crippen LogP contribution in [0.4, 0.5) is 26.3 Å². The first-order valence-corrected chi connectivity index (χ1v) is 9.13. The van der Waals surface area contributed by atoms with E-state index in [2.05, 4.69) is 15.0 Å². The third-order valence-electron chi connectivity index (χ3n) is 4.21. The number of carbonyl (C=O) groups is 2. The Bertz CT molecular complexity index is 1150. The van der Waals surface area contributed by atoms with Crippen LogP contribution in [0.5, 0.6) is 17.2 Å². The molecule has 0 bridgehead atoms. The minimum Gasteiger partial charge on any atom is -0.456 e. The van der Waals surface area contributed by atoms with Crippen molar-refractivity contribution in [3.05, 3.63) is 64.9 Å². The molecule has 1 N–H and O–H groups in total. The number of hydrogen-bond donors (Lipinski definition) is 1. The van der Waals surface area contributed by atoms with Crippen LogP contribution in [0.1, 0.15) is 21.5 Å². The van der Waals surface area contributed by atoms with E-state index in [1.54, 1.807) is 0 Å². The van der Waals surface area contributed by atoms with E-state index < -0.39 is 35.5 Å². The van der Waals surface area contributed by atoms with E-state index in [-0.39, 0.29) is 34.9 Å². The molecule has 2 aromatic rings. The third-order valence-corrected chi connectivity index (χ3v) is 4.21. The molecule has 0 saturated carbocycles. The molecule has 0 radical (unpaired) electrons. The maximum Gasteiger partial charge on any atom is 0.573 e. The molecule has 0 saturated heterocycles. The molecule has 33 heavy (non-hydrogen) atoms. The number of aryl methyl sites for hydroxylation is 1. The van der Waals surface area contributed by atoms with Crippen LogP contribution >= 0.6 is 0 Å². The van der Waals surface area contributed by atoms with Gasteiger partial charge in [0.05, 0.1) is 16.8 Å². The highest BCUT2D eigenvalue weighted by molar-refractivity contribution is 6.06. The van der Waals surface area contributed by atoms with Gasteiger partial charge in [0, 0.05) is 12.3 Å². The molecule has 1 aliphatic rings. The second kappa shape index (κ2) is 8.96. The van der Waals surface area contributed by atoms with Crippen LogP contribution in [0.15, 0.2) is 53.2 Å². The van der Waals surface area contributed by atoms with Gasteiger partial charge >= 0.3 is 12.5 Å². The molecule has 3 rings (SSSR count). The molecule has 1 heterocycles. The molecule has 1 amide bonds. The Hall–Kier alpha value is -3.83. The van der Waals surface area contributed by atoms with Crippen LogP contribution in [-0.2, 0) is 11.0 Å². The van der Waals surface area contributed by atoms with E-state index in [0.717, 1.165) is 30.3 Å². The summed E-state index contributed by atoms with van der Waals surface area (Å²) in [5, 5.41) is 2.35. The van der Waals surface area contributed by atoms with Gasteiger partial charge in [0.25, 0.3) is 5.91 Å². The third kappa shape index (κ3) is 6.34. The summed E-state index contributed by atoms with van der Waals surface area (Å²) in [5.41, 5.74) is -1.29. The quantitative estimate of drug-likeness (QED) is 0.624. The number of benzene rings is 2. The number of nitrogens with one attached hydrogen (secondary N) is 1. The number of carbonyl (C=O) groups excluding carboxylic acids is 2. The normalized spacial score (nSPS) is 14.0. The average Bonchev–Trinajstić information content (AvgIpc) is 2.68. The topological polar surface area (TPSA) is 77.0 Å². The summed E-state index contributed by atoms with van der Waals surface area (Å²) in [4.78, 5) is 27.8.